The van der Waals surface area contributed by atoms with Crippen LogP contribution in [0.3, 0.4) is 0 Å². The lowest BCUT2D eigenvalue weighted by molar-refractivity contribution is -0.121. The zero-order valence-corrected chi connectivity index (χ0v) is 8.36. The van der Waals surface area contributed by atoms with E-state index in [4.69, 9.17) is 0 Å². The topological polar surface area (TPSA) is 17.1 Å². The lowest BCUT2D eigenvalue weighted by Crippen LogP contribution is -2.21. The first-order valence-corrected chi connectivity index (χ1v) is 5.18. The third kappa shape index (κ3) is 2.62. The van der Waals surface area contributed by atoms with Crippen LogP contribution in [0.15, 0.2) is 0 Å². The van der Waals surface area contributed by atoms with Gasteiger partial charge in [0.25, 0.3) is 0 Å². The van der Waals surface area contributed by atoms with Crippen LogP contribution in [-0.4, -0.2) is 5.78 Å². The largest absolute Gasteiger partial charge is 0.300 e. The SMILES string of the molecule is CC[C@]1(C)CCCCCC(=O)C1. The lowest BCUT2D eigenvalue weighted by Gasteiger charge is -2.29. The first-order chi connectivity index (χ1) is 5.66. The Labute approximate surface area is 75.5 Å². The normalized spacial score (nSPS) is 32.7. The second-order valence-electron chi connectivity index (χ2n) is 4.44. The van der Waals surface area contributed by atoms with Crippen molar-refractivity contribution in [2.45, 2.75) is 58.8 Å². The Bertz CT molecular complexity index is 162. The fourth-order valence-electron chi connectivity index (χ4n) is 2.01. The predicted octanol–water partition coefficient (Wildman–Crippen LogP) is 3.33. The van der Waals surface area contributed by atoms with Gasteiger partial charge in [-0.15, -0.1) is 0 Å². The molecule has 12 heavy (non-hydrogen) atoms. The van der Waals surface area contributed by atoms with E-state index < -0.39 is 0 Å². The Hall–Kier alpha value is -0.330. The summed E-state index contributed by atoms with van der Waals surface area (Å²) in [6, 6.07) is 0. The van der Waals surface area contributed by atoms with Crippen molar-refractivity contribution in [2.24, 2.45) is 5.41 Å². The maximum Gasteiger partial charge on any atom is 0.133 e. The number of hydrogen-bond donors (Lipinski definition) is 0. The summed E-state index contributed by atoms with van der Waals surface area (Å²) in [5.74, 6) is 0.485. The molecule has 1 atom stereocenters. The third-order valence-electron chi connectivity index (χ3n) is 3.21. The molecule has 1 nitrogen and oxygen atoms in total. The molecule has 0 heterocycles. The number of hydrogen-bond acceptors (Lipinski definition) is 1. The summed E-state index contributed by atoms with van der Waals surface area (Å²) >= 11 is 0. The van der Waals surface area contributed by atoms with Gasteiger partial charge in [0.2, 0.25) is 0 Å². The molecule has 0 unspecified atom stereocenters. The van der Waals surface area contributed by atoms with Gasteiger partial charge in [-0.25, -0.2) is 0 Å². The van der Waals surface area contributed by atoms with Crippen LogP contribution in [0, 0.1) is 5.41 Å². The molecule has 0 saturated heterocycles. The van der Waals surface area contributed by atoms with Crippen molar-refractivity contribution < 1.29 is 4.79 Å². The van der Waals surface area contributed by atoms with Crippen LogP contribution in [-0.2, 0) is 4.79 Å². The summed E-state index contributed by atoms with van der Waals surface area (Å²) < 4.78 is 0. The quantitative estimate of drug-likeness (QED) is 0.587. The standard InChI is InChI=1S/C11H20O/c1-3-11(2)8-6-4-5-7-10(12)9-11/h3-9H2,1-2H3/t11-/m1/s1. The number of Topliss-reactive ketones (excluding diaryl/α,β-unsaturated/α-hetero) is 1. The van der Waals surface area contributed by atoms with E-state index in [1.807, 2.05) is 0 Å². The number of rotatable bonds is 1. The van der Waals surface area contributed by atoms with Gasteiger partial charge < -0.3 is 0 Å². The van der Waals surface area contributed by atoms with Crippen LogP contribution < -0.4 is 0 Å². The van der Waals surface area contributed by atoms with E-state index in [9.17, 15) is 4.79 Å². The monoisotopic (exact) mass is 168 g/mol. The van der Waals surface area contributed by atoms with Crippen molar-refractivity contribution in [3.8, 4) is 0 Å². The number of carbonyl (C=O) groups is 1. The van der Waals surface area contributed by atoms with Crippen LogP contribution >= 0.6 is 0 Å². The summed E-state index contributed by atoms with van der Waals surface area (Å²) in [5.41, 5.74) is 0.317. The average Bonchev–Trinajstić information content (AvgIpc) is 2.01. The van der Waals surface area contributed by atoms with Crippen LogP contribution in [0.2, 0.25) is 0 Å². The van der Waals surface area contributed by atoms with E-state index in [1.165, 1.54) is 19.3 Å². The zero-order chi connectivity index (χ0) is 9.03. The van der Waals surface area contributed by atoms with Gasteiger partial charge in [0.05, 0.1) is 0 Å². The van der Waals surface area contributed by atoms with E-state index in [0.717, 1.165) is 25.7 Å². The zero-order valence-electron chi connectivity index (χ0n) is 8.36. The Kier molecular flexibility index (Phi) is 3.30. The third-order valence-corrected chi connectivity index (χ3v) is 3.21. The molecule has 0 bridgehead atoms. The van der Waals surface area contributed by atoms with Gasteiger partial charge in [-0.05, 0) is 18.3 Å². The second kappa shape index (κ2) is 4.06. The van der Waals surface area contributed by atoms with Crippen molar-refractivity contribution in [1.29, 1.82) is 0 Å². The van der Waals surface area contributed by atoms with E-state index in [1.54, 1.807) is 0 Å². The summed E-state index contributed by atoms with van der Waals surface area (Å²) in [6.07, 6.45) is 7.74. The van der Waals surface area contributed by atoms with Crippen LogP contribution in [0.1, 0.15) is 58.8 Å². The van der Waals surface area contributed by atoms with Gasteiger partial charge in [0.15, 0.2) is 0 Å². The summed E-state index contributed by atoms with van der Waals surface area (Å²) in [5, 5.41) is 0. The minimum atomic E-state index is 0.317. The first kappa shape index (κ1) is 9.76. The molecule has 1 aliphatic carbocycles. The Balaban J connectivity index is 2.54. The molecule has 1 saturated carbocycles. The van der Waals surface area contributed by atoms with Gasteiger partial charge in [-0.2, -0.15) is 0 Å². The molecule has 0 aromatic rings. The Morgan fingerprint density at radius 1 is 1.33 bits per heavy atom. The van der Waals surface area contributed by atoms with E-state index in [2.05, 4.69) is 13.8 Å². The first-order valence-electron chi connectivity index (χ1n) is 5.18. The molecule has 0 aromatic carbocycles. The fraction of sp³-hybridized carbons (Fsp3) is 0.909. The highest BCUT2D eigenvalue weighted by Gasteiger charge is 2.26. The Morgan fingerprint density at radius 2 is 2.08 bits per heavy atom. The van der Waals surface area contributed by atoms with E-state index in [0.29, 0.717) is 11.2 Å². The van der Waals surface area contributed by atoms with E-state index >= 15 is 0 Å². The maximum atomic E-state index is 11.4. The molecule has 1 rings (SSSR count). The van der Waals surface area contributed by atoms with Crippen molar-refractivity contribution >= 4 is 5.78 Å². The molecule has 0 aromatic heterocycles. The van der Waals surface area contributed by atoms with Crippen LogP contribution in [0.5, 0.6) is 0 Å². The summed E-state index contributed by atoms with van der Waals surface area (Å²) in [6.45, 7) is 4.46. The molecule has 1 heteroatoms. The predicted molar refractivity (Wildman–Crippen MR) is 51.1 cm³/mol. The van der Waals surface area contributed by atoms with E-state index in [-0.39, 0.29) is 0 Å². The maximum absolute atomic E-state index is 11.4. The minimum Gasteiger partial charge on any atom is -0.300 e. The van der Waals surface area contributed by atoms with Crippen molar-refractivity contribution in [2.75, 3.05) is 0 Å². The highest BCUT2D eigenvalue weighted by Crippen LogP contribution is 2.34. The van der Waals surface area contributed by atoms with Gasteiger partial charge in [-0.3, -0.25) is 4.79 Å². The van der Waals surface area contributed by atoms with Crippen LogP contribution in [0.4, 0.5) is 0 Å². The summed E-state index contributed by atoms with van der Waals surface area (Å²) in [4.78, 5) is 11.4. The molecule has 0 N–H and O–H groups in total. The van der Waals surface area contributed by atoms with Gasteiger partial charge in [-0.1, -0.05) is 33.1 Å². The molecule has 1 fully saturated rings. The van der Waals surface area contributed by atoms with Gasteiger partial charge in [0.1, 0.15) is 5.78 Å². The van der Waals surface area contributed by atoms with Gasteiger partial charge in [0, 0.05) is 12.8 Å². The molecular formula is C11H20O. The smallest absolute Gasteiger partial charge is 0.133 e. The molecule has 70 valence electrons. The number of carbonyl (C=O) groups excluding carboxylic acids is 1. The van der Waals surface area contributed by atoms with Crippen molar-refractivity contribution in [3.63, 3.8) is 0 Å². The van der Waals surface area contributed by atoms with Gasteiger partial charge >= 0.3 is 0 Å². The molecular weight excluding hydrogens is 148 g/mol. The average molecular weight is 168 g/mol. The fourth-order valence-corrected chi connectivity index (χ4v) is 2.01. The highest BCUT2D eigenvalue weighted by atomic mass is 16.1. The minimum absolute atomic E-state index is 0.317. The molecule has 0 aliphatic heterocycles. The van der Waals surface area contributed by atoms with Crippen molar-refractivity contribution in [3.05, 3.63) is 0 Å². The number of ketones is 1. The molecule has 1 aliphatic rings. The van der Waals surface area contributed by atoms with Crippen molar-refractivity contribution in [1.82, 2.24) is 0 Å². The Morgan fingerprint density at radius 3 is 2.75 bits per heavy atom. The molecule has 0 spiro atoms. The van der Waals surface area contributed by atoms with Crippen LogP contribution in [0.25, 0.3) is 0 Å². The lowest BCUT2D eigenvalue weighted by atomic mass is 9.76. The highest BCUT2D eigenvalue weighted by molar-refractivity contribution is 5.79. The molecule has 0 amide bonds. The summed E-state index contributed by atoms with van der Waals surface area (Å²) in [7, 11) is 0. The second-order valence-corrected chi connectivity index (χ2v) is 4.44. The molecule has 0 radical (unpaired) electrons.